The summed E-state index contributed by atoms with van der Waals surface area (Å²) in [6.07, 6.45) is -0.139. The Balaban J connectivity index is 1.71. The number of hydrogen-bond donors (Lipinski definition) is 1. The lowest BCUT2D eigenvalue weighted by molar-refractivity contribution is -0.00343. The first-order valence-corrected chi connectivity index (χ1v) is 7.00. The molecule has 0 atom stereocenters. The van der Waals surface area contributed by atoms with Crippen LogP contribution in [0.4, 0.5) is 0 Å². The van der Waals surface area contributed by atoms with Gasteiger partial charge in [0.1, 0.15) is 5.01 Å². The number of rotatable bonds is 3. The molecule has 0 amide bonds. The molecule has 1 aliphatic heterocycles. The maximum Gasteiger partial charge on any atom is 0.123 e. The highest BCUT2D eigenvalue weighted by Gasteiger charge is 2.24. The molecule has 3 nitrogen and oxygen atoms in total. The highest BCUT2D eigenvalue weighted by Crippen LogP contribution is 2.25. The Hall–Kier alpha value is -1.23. The second kappa shape index (κ2) is 4.80. The summed E-state index contributed by atoms with van der Waals surface area (Å²) >= 11 is 1.69. The predicted octanol–water partition coefficient (Wildman–Crippen LogP) is 2.30. The number of benzene rings is 1. The van der Waals surface area contributed by atoms with Crippen LogP contribution in [0.3, 0.4) is 0 Å². The van der Waals surface area contributed by atoms with Crippen LogP contribution in [-0.2, 0) is 6.54 Å². The fourth-order valence-corrected chi connectivity index (χ4v) is 2.93. The summed E-state index contributed by atoms with van der Waals surface area (Å²) in [7, 11) is 0. The Morgan fingerprint density at radius 3 is 2.72 bits per heavy atom. The lowest BCUT2D eigenvalue weighted by atomic mass is 10.1. The standard InChI is InChI=1S/C14H16N2OS/c1-10-2-4-11(5-3-10)14-15-12(9-18-14)6-16-7-13(17)8-16/h2-5,9,13,17H,6-8H2,1H3. The Bertz CT molecular complexity index is 529. The first-order valence-electron chi connectivity index (χ1n) is 6.12. The first-order chi connectivity index (χ1) is 8.70. The summed E-state index contributed by atoms with van der Waals surface area (Å²) in [6, 6.07) is 8.46. The maximum atomic E-state index is 9.25. The van der Waals surface area contributed by atoms with Crippen molar-refractivity contribution in [2.75, 3.05) is 13.1 Å². The fourth-order valence-electron chi connectivity index (χ4n) is 2.11. The number of aryl methyl sites for hydroxylation is 1. The van der Waals surface area contributed by atoms with Crippen molar-refractivity contribution in [2.45, 2.75) is 19.6 Å². The van der Waals surface area contributed by atoms with E-state index in [1.165, 1.54) is 11.1 Å². The Kier molecular flexibility index (Phi) is 3.16. The van der Waals surface area contributed by atoms with Crippen molar-refractivity contribution in [3.8, 4) is 10.6 Å². The molecule has 2 aromatic rings. The molecule has 0 bridgehead atoms. The van der Waals surface area contributed by atoms with Crippen molar-refractivity contribution >= 4 is 11.3 Å². The van der Waals surface area contributed by atoms with Gasteiger partial charge in [0, 0.05) is 30.6 Å². The molecule has 1 fully saturated rings. The average molecular weight is 260 g/mol. The Morgan fingerprint density at radius 1 is 1.33 bits per heavy atom. The van der Waals surface area contributed by atoms with Gasteiger partial charge >= 0.3 is 0 Å². The van der Waals surface area contributed by atoms with E-state index in [1.54, 1.807) is 11.3 Å². The van der Waals surface area contributed by atoms with Crippen molar-refractivity contribution in [1.29, 1.82) is 0 Å². The van der Waals surface area contributed by atoms with Crippen LogP contribution in [0.15, 0.2) is 29.6 Å². The smallest absolute Gasteiger partial charge is 0.123 e. The van der Waals surface area contributed by atoms with Gasteiger partial charge < -0.3 is 5.11 Å². The summed E-state index contributed by atoms with van der Waals surface area (Å²) in [5.41, 5.74) is 3.55. The minimum atomic E-state index is -0.139. The van der Waals surface area contributed by atoms with Crippen molar-refractivity contribution in [3.63, 3.8) is 0 Å². The van der Waals surface area contributed by atoms with Crippen LogP contribution in [0.1, 0.15) is 11.3 Å². The van der Waals surface area contributed by atoms with Crippen LogP contribution in [0.5, 0.6) is 0 Å². The molecule has 0 aliphatic carbocycles. The molecule has 3 rings (SSSR count). The third-order valence-corrected chi connectivity index (χ3v) is 4.11. The van der Waals surface area contributed by atoms with E-state index in [-0.39, 0.29) is 6.10 Å². The molecule has 1 aliphatic rings. The van der Waals surface area contributed by atoms with Crippen molar-refractivity contribution in [3.05, 3.63) is 40.9 Å². The second-order valence-electron chi connectivity index (χ2n) is 4.86. The molecule has 0 radical (unpaired) electrons. The van der Waals surface area contributed by atoms with Crippen molar-refractivity contribution in [2.24, 2.45) is 0 Å². The molecule has 0 unspecified atom stereocenters. The zero-order valence-electron chi connectivity index (χ0n) is 10.3. The molecule has 1 saturated heterocycles. The predicted molar refractivity (Wildman–Crippen MR) is 73.6 cm³/mol. The summed E-state index contributed by atoms with van der Waals surface area (Å²) in [6.45, 7) is 4.49. The van der Waals surface area contributed by atoms with Crippen molar-refractivity contribution < 1.29 is 5.11 Å². The molecule has 1 aromatic heterocycles. The quantitative estimate of drug-likeness (QED) is 0.920. The molecular weight excluding hydrogens is 244 g/mol. The molecule has 2 heterocycles. The monoisotopic (exact) mass is 260 g/mol. The summed E-state index contributed by atoms with van der Waals surface area (Å²) in [4.78, 5) is 6.86. The first kappa shape index (κ1) is 11.8. The van der Waals surface area contributed by atoms with E-state index in [4.69, 9.17) is 0 Å². The summed E-state index contributed by atoms with van der Waals surface area (Å²) in [5.74, 6) is 0. The van der Waals surface area contributed by atoms with E-state index in [1.807, 2.05) is 0 Å². The Labute approximate surface area is 111 Å². The van der Waals surface area contributed by atoms with E-state index in [9.17, 15) is 5.11 Å². The van der Waals surface area contributed by atoms with E-state index in [2.05, 4.69) is 46.5 Å². The highest BCUT2D eigenvalue weighted by atomic mass is 32.1. The number of aliphatic hydroxyl groups is 1. The van der Waals surface area contributed by atoms with Gasteiger partial charge in [-0.05, 0) is 6.92 Å². The number of nitrogens with zero attached hydrogens (tertiary/aromatic N) is 2. The third kappa shape index (κ3) is 2.46. The average Bonchev–Trinajstić information content (AvgIpc) is 2.77. The van der Waals surface area contributed by atoms with Crippen LogP contribution in [0.25, 0.3) is 10.6 Å². The number of aromatic nitrogens is 1. The summed E-state index contributed by atoms with van der Waals surface area (Å²) < 4.78 is 0. The van der Waals surface area contributed by atoms with Crippen LogP contribution >= 0.6 is 11.3 Å². The van der Waals surface area contributed by atoms with Crippen LogP contribution < -0.4 is 0 Å². The second-order valence-corrected chi connectivity index (χ2v) is 5.72. The number of hydrogen-bond acceptors (Lipinski definition) is 4. The van der Waals surface area contributed by atoms with Crippen molar-refractivity contribution in [1.82, 2.24) is 9.88 Å². The van der Waals surface area contributed by atoms with Gasteiger partial charge in [0.05, 0.1) is 11.8 Å². The van der Waals surface area contributed by atoms with Gasteiger partial charge in [0.25, 0.3) is 0 Å². The molecule has 1 N–H and O–H groups in total. The molecule has 1 aromatic carbocycles. The number of likely N-dealkylation sites (tertiary alicyclic amines) is 1. The van der Waals surface area contributed by atoms with E-state index < -0.39 is 0 Å². The maximum absolute atomic E-state index is 9.25. The van der Waals surface area contributed by atoms with Crippen LogP contribution in [-0.4, -0.2) is 34.2 Å². The fraction of sp³-hybridized carbons (Fsp3) is 0.357. The van der Waals surface area contributed by atoms with Gasteiger partial charge in [-0.1, -0.05) is 29.8 Å². The molecular formula is C14H16N2OS. The molecule has 4 heteroatoms. The molecule has 18 heavy (non-hydrogen) atoms. The van der Waals surface area contributed by atoms with Gasteiger partial charge in [-0.15, -0.1) is 11.3 Å². The topological polar surface area (TPSA) is 36.4 Å². The third-order valence-electron chi connectivity index (χ3n) is 3.17. The number of aliphatic hydroxyl groups excluding tert-OH is 1. The highest BCUT2D eigenvalue weighted by molar-refractivity contribution is 7.13. The lowest BCUT2D eigenvalue weighted by Crippen LogP contribution is -2.49. The minimum absolute atomic E-state index is 0.139. The number of β-amino-alcohol motifs (C(OH)–C–C–N with tert-alkyl or cyclic N) is 1. The molecule has 0 saturated carbocycles. The lowest BCUT2D eigenvalue weighted by Gasteiger charge is -2.35. The van der Waals surface area contributed by atoms with Crippen LogP contribution in [0, 0.1) is 6.92 Å². The Morgan fingerprint density at radius 2 is 2.06 bits per heavy atom. The van der Waals surface area contributed by atoms with Gasteiger partial charge in [-0.2, -0.15) is 0 Å². The van der Waals surface area contributed by atoms with Gasteiger partial charge in [-0.3, -0.25) is 4.90 Å². The normalized spacial score (nSPS) is 16.8. The van der Waals surface area contributed by atoms with Gasteiger partial charge in [-0.25, -0.2) is 4.98 Å². The molecule has 0 spiro atoms. The minimum Gasteiger partial charge on any atom is -0.390 e. The number of thiazole rings is 1. The van der Waals surface area contributed by atoms with E-state index in [0.29, 0.717) is 0 Å². The zero-order valence-corrected chi connectivity index (χ0v) is 11.2. The van der Waals surface area contributed by atoms with Gasteiger partial charge in [0.15, 0.2) is 0 Å². The van der Waals surface area contributed by atoms with Crippen LogP contribution in [0.2, 0.25) is 0 Å². The van der Waals surface area contributed by atoms with E-state index in [0.717, 1.165) is 30.3 Å². The van der Waals surface area contributed by atoms with E-state index >= 15 is 0 Å². The largest absolute Gasteiger partial charge is 0.390 e. The molecule has 94 valence electrons. The van der Waals surface area contributed by atoms with Gasteiger partial charge in [0.2, 0.25) is 0 Å². The summed E-state index contributed by atoms with van der Waals surface area (Å²) in [5, 5.41) is 12.4. The SMILES string of the molecule is Cc1ccc(-c2nc(CN3CC(O)C3)cs2)cc1. The zero-order chi connectivity index (χ0) is 12.5.